The van der Waals surface area contributed by atoms with E-state index in [0.29, 0.717) is 24.8 Å². The number of phenols is 1. The number of ether oxygens (including phenoxy) is 1. The van der Waals surface area contributed by atoms with Crippen molar-refractivity contribution in [2.24, 2.45) is 0 Å². The first kappa shape index (κ1) is 25.1. The van der Waals surface area contributed by atoms with Gasteiger partial charge >= 0.3 is 6.01 Å². The molecule has 4 heterocycles. The monoisotopic (exact) mass is 528 g/mol. The molecule has 5 aliphatic rings. The molecule has 8 nitrogen and oxygen atoms in total. The molecule has 0 radical (unpaired) electrons. The van der Waals surface area contributed by atoms with E-state index in [-0.39, 0.29) is 17.0 Å². The first-order valence-electron chi connectivity index (χ1n) is 15.0. The molecule has 0 saturated carbocycles. The van der Waals surface area contributed by atoms with E-state index in [4.69, 9.17) is 14.7 Å². The van der Waals surface area contributed by atoms with Crippen molar-refractivity contribution in [3.05, 3.63) is 40.6 Å². The van der Waals surface area contributed by atoms with Gasteiger partial charge in [-0.2, -0.15) is 15.2 Å². The molecule has 2 aromatic rings. The molecule has 2 aliphatic carbocycles. The Bertz CT molecular complexity index is 1280. The summed E-state index contributed by atoms with van der Waals surface area (Å²) in [5.74, 6) is 1.36. The summed E-state index contributed by atoms with van der Waals surface area (Å²) >= 11 is 0. The molecule has 8 heteroatoms. The topological polar surface area (TPSA) is 97.5 Å². The molecule has 1 aromatic heterocycles. The summed E-state index contributed by atoms with van der Waals surface area (Å²) < 4.78 is 6.53. The Hall–Kier alpha value is -2.89. The van der Waals surface area contributed by atoms with Crippen molar-refractivity contribution in [2.75, 3.05) is 44.2 Å². The van der Waals surface area contributed by atoms with Gasteiger partial charge in [-0.05, 0) is 101 Å². The van der Waals surface area contributed by atoms with Crippen LogP contribution in [0.1, 0.15) is 73.8 Å². The lowest BCUT2D eigenvalue weighted by Crippen LogP contribution is -2.51. The van der Waals surface area contributed by atoms with Gasteiger partial charge in [0.1, 0.15) is 18.2 Å². The number of nitrogens with zero attached hydrogens (tertiary/aromatic N) is 5. The molecule has 0 bridgehead atoms. The number of aromatic nitrogens is 2. The van der Waals surface area contributed by atoms with Gasteiger partial charge in [0.25, 0.3) is 0 Å². The maximum absolute atomic E-state index is 10.4. The van der Waals surface area contributed by atoms with Crippen LogP contribution in [0.2, 0.25) is 0 Å². The molecule has 3 saturated heterocycles. The first-order valence-corrected chi connectivity index (χ1v) is 15.0. The molecular weight excluding hydrogens is 488 g/mol. The zero-order chi connectivity index (χ0) is 26.5. The van der Waals surface area contributed by atoms with Crippen molar-refractivity contribution in [1.29, 1.82) is 5.26 Å². The molecule has 0 amide bonds. The van der Waals surface area contributed by atoms with Crippen LogP contribution < -0.4 is 15.0 Å². The number of anilines is 1. The molecule has 2 N–H and O–H groups in total. The Morgan fingerprint density at radius 1 is 1.08 bits per heavy atom. The van der Waals surface area contributed by atoms with Gasteiger partial charge in [0.05, 0.1) is 23.7 Å². The zero-order valence-electron chi connectivity index (χ0n) is 22.9. The normalized spacial score (nSPS) is 27.6. The van der Waals surface area contributed by atoms with Crippen LogP contribution in [0.25, 0.3) is 0 Å². The van der Waals surface area contributed by atoms with Crippen LogP contribution in [-0.4, -0.2) is 70.9 Å². The largest absolute Gasteiger partial charge is 0.508 e. The SMILES string of the molecule is N#CC[C@H]1CN(c2nc(OCC34CCCN3CCC4)nc3c2CCC2(CCCc4ccc(O)cc42)C3)CCN1. The highest BCUT2D eigenvalue weighted by Gasteiger charge is 2.46. The predicted octanol–water partition coefficient (Wildman–Crippen LogP) is 3.64. The van der Waals surface area contributed by atoms with E-state index in [0.717, 1.165) is 63.3 Å². The van der Waals surface area contributed by atoms with Crippen LogP contribution >= 0.6 is 0 Å². The van der Waals surface area contributed by atoms with E-state index >= 15 is 0 Å². The van der Waals surface area contributed by atoms with Crippen molar-refractivity contribution >= 4 is 5.82 Å². The molecular formula is C31H40N6O2. The van der Waals surface area contributed by atoms with Crippen LogP contribution in [0.3, 0.4) is 0 Å². The fourth-order valence-corrected chi connectivity index (χ4v) is 8.39. The van der Waals surface area contributed by atoms with Gasteiger partial charge in [0.15, 0.2) is 0 Å². The Morgan fingerprint density at radius 2 is 1.95 bits per heavy atom. The quantitative estimate of drug-likeness (QED) is 0.607. The lowest BCUT2D eigenvalue weighted by Gasteiger charge is -2.43. The van der Waals surface area contributed by atoms with Gasteiger partial charge in [-0.25, -0.2) is 0 Å². The number of piperazine rings is 1. The minimum atomic E-state index is 0.00139. The van der Waals surface area contributed by atoms with Crippen LogP contribution in [0.15, 0.2) is 18.2 Å². The molecule has 1 aromatic carbocycles. The second-order valence-electron chi connectivity index (χ2n) is 12.6. The number of nitrogens with one attached hydrogen (secondary N) is 1. The predicted molar refractivity (Wildman–Crippen MR) is 149 cm³/mol. The van der Waals surface area contributed by atoms with Gasteiger partial charge < -0.3 is 20.1 Å². The number of hydrogen-bond acceptors (Lipinski definition) is 8. The minimum absolute atomic E-state index is 0.00139. The van der Waals surface area contributed by atoms with Gasteiger partial charge in [-0.15, -0.1) is 0 Å². The van der Waals surface area contributed by atoms with Crippen LogP contribution in [-0.2, 0) is 24.7 Å². The summed E-state index contributed by atoms with van der Waals surface area (Å²) in [5.41, 5.74) is 5.19. The number of nitriles is 1. The summed E-state index contributed by atoms with van der Waals surface area (Å²) in [4.78, 5) is 15.2. The van der Waals surface area contributed by atoms with E-state index < -0.39 is 0 Å². The van der Waals surface area contributed by atoms with Gasteiger partial charge in [0, 0.05) is 36.7 Å². The number of fused-ring (bicyclic) bond motifs is 4. The molecule has 206 valence electrons. The number of rotatable bonds is 5. The summed E-state index contributed by atoms with van der Waals surface area (Å²) in [7, 11) is 0. The van der Waals surface area contributed by atoms with Gasteiger partial charge in [0.2, 0.25) is 0 Å². The Balaban J connectivity index is 1.24. The number of aromatic hydroxyl groups is 1. The Kier molecular flexibility index (Phi) is 6.40. The Labute approximate surface area is 231 Å². The third-order valence-corrected chi connectivity index (χ3v) is 10.3. The average Bonchev–Trinajstić information content (AvgIpc) is 3.53. The van der Waals surface area contributed by atoms with Crippen molar-refractivity contribution < 1.29 is 9.84 Å². The summed E-state index contributed by atoms with van der Waals surface area (Å²) in [6.07, 6.45) is 11.6. The van der Waals surface area contributed by atoms with Gasteiger partial charge in [-0.1, -0.05) is 6.07 Å². The number of aryl methyl sites for hydroxylation is 1. The van der Waals surface area contributed by atoms with Crippen molar-refractivity contribution in [3.8, 4) is 17.8 Å². The number of phenolic OH excluding ortho intramolecular Hbond substituents is 1. The van der Waals surface area contributed by atoms with E-state index in [9.17, 15) is 10.4 Å². The van der Waals surface area contributed by atoms with E-state index in [2.05, 4.69) is 27.3 Å². The molecule has 1 unspecified atom stereocenters. The average molecular weight is 529 g/mol. The van der Waals surface area contributed by atoms with Crippen molar-refractivity contribution in [2.45, 2.75) is 87.6 Å². The fourth-order valence-electron chi connectivity index (χ4n) is 8.39. The second-order valence-corrected chi connectivity index (χ2v) is 12.6. The maximum Gasteiger partial charge on any atom is 0.318 e. The van der Waals surface area contributed by atoms with Crippen LogP contribution in [0, 0.1) is 11.3 Å². The zero-order valence-corrected chi connectivity index (χ0v) is 22.9. The Morgan fingerprint density at radius 3 is 2.79 bits per heavy atom. The number of hydrogen-bond donors (Lipinski definition) is 2. The smallest absolute Gasteiger partial charge is 0.318 e. The third kappa shape index (κ3) is 4.44. The maximum atomic E-state index is 10.4. The highest BCUT2D eigenvalue weighted by molar-refractivity contribution is 5.54. The summed E-state index contributed by atoms with van der Waals surface area (Å²) in [5, 5.41) is 23.2. The molecule has 3 fully saturated rings. The molecule has 2 atom stereocenters. The van der Waals surface area contributed by atoms with Crippen LogP contribution in [0.4, 0.5) is 5.82 Å². The molecule has 39 heavy (non-hydrogen) atoms. The second kappa shape index (κ2) is 9.94. The lowest BCUT2D eigenvalue weighted by molar-refractivity contribution is 0.107. The standard InChI is InChI=1S/C31H40N6O2/c32-13-8-23-20-36(17-14-33-23)28-25-7-12-30(9-1-4-22-5-6-24(38)18-26(22)30)19-27(25)34-29(35-28)39-21-31-10-2-15-37(31)16-3-11-31/h5-6,18,23,33,38H,1-4,7-12,14-17,19-21H2/t23-,30?/m0/s1. The van der Waals surface area contributed by atoms with Gasteiger partial charge in [-0.3, -0.25) is 4.90 Å². The van der Waals surface area contributed by atoms with Crippen molar-refractivity contribution in [3.63, 3.8) is 0 Å². The molecule has 1 spiro atoms. The highest BCUT2D eigenvalue weighted by atomic mass is 16.5. The summed E-state index contributed by atoms with van der Waals surface area (Å²) in [6, 6.07) is 8.95. The first-order chi connectivity index (χ1) is 19.1. The fraction of sp³-hybridized carbons (Fsp3) is 0.645. The molecule has 3 aliphatic heterocycles. The summed E-state index contributed by atoms with van der Waals surface area (Å²) in [6.45, 7) is 5.49. The third-order valence-electron chi connectivity index (χ3n) is 10.3. The lowest BCUT2D eigenvalue weighted by atomic mass is 9.62. The van der Waals surface area contributed by atoms with E-state index in [1.807, 2.05) is 12.1 Å². The highest BCUT2D eigenvalue weighted by Crippen LogP contribution is 2.48. The van der Waals surface area contributed by atoms with Crippen LogP contribution in [0.5, 0.6) is 11.8 Å². The number of benzene rings is 1. The van der Waals surface area contributed by atoms with E-state index in [1.54, 1.807) is 0 Å². The van der Waals surface area contributed by atoms with Crippen molar-refractivity contribution in [1.82, 2.24) is 20.2 Å². The molecule has 7 rings (SSSR count). The van der Waals surface area contributed by atoms with E-state index in [1.165, 1.54) is 61.9 Å². The minimum Gasteiger partial charge on any atom is -0.508 e.